The number of carbonyl (C=O) groups excluding carboxylic acids is 1. The lowest BCUT2D eigenvalue weighted by Gasteiger charge is -2.30. The van der Waals surface area contributed by atoms with Crippen molar-refractivity contribution in [3.8, 4) is 0 Å². The second kappa shape index (κ2) is 9.01. The summed E-state index contributed by atoms with van der Waals surface area (Å²) in [6, 6.07) is 5.42. The van der Waals surface area contributed by atoms with Crippen LogP contribution < -0.4 is 16.7 Å². The molecule has 2 aromatic rings. The number of carbonyl (C=O) groups is 1. The van der Waals surface area contributed by atoms with Gasteiger partial charge in [0.15, 0.2) is 5.65 Å². The molecular formula is C17H26ClN5O2. The Balaban J connectivity index is 0.00000225. The monoisotopic (exact) mass is 367 g/mol. The van der Waals surface area contributed by atoms with Gasteiger partial charge < -0.3 is 11.1 Å². The Labute approximate surface area is 153 Å². The third kappa shape index (κ3) is 4.61. The van der Waals surface area contributed by atoms with Gasteiger partial charge in [0.05, 0.1) is 6.54 Å². The van der Waals surface area contributed by atoms with Gasteiger partial charge in [0.25, 0.3) is 0 Å². The Kier molecular flexibility index (Phi) is 7.01. The SMILES string of the molecule is Cl.NCC(NC(=O)CCn1nc2ccccn2c1=O)C1CCCCC1. The Hall–Kier alpha value is -1.86. The van der Waals surface area contributed by atoms with Crippen LogP contribution in [0.4, 0.5) is 0 Å². The summed E-state index contributed by atoms with van der Waals surface area (Å²) in [7, 11) is 0. The van der Waals surface area contributed by atoms with Crippen LogP contribution in [0.25, 0.3) is 5.65 Å². The Bertz CT molecular complexity index is 751. The number of amides is 1. The smallest absolute Gasteiger partial charge is 0.350 e. The number of nitrogens with one attached hydrogen (secondary N) is 1. The summed E-state index contributed by atoms with van der Waals surface area (Å²) in [5, 5.41) is 7.28. The van der Waals surface area contributed by atoms with Gasteiger partial charge in [0, 0.05) is 25.2 Å². The van der Waals surface area contributed by atoms with Gasteiger partial charge in [-0.05, 0) is 30.9 Å². The van der Waals surface area contributed by atoms with Gasteiger partial charge in [0.1, 0.15) is 0 Å². The molecule has 138 valence electrons. The number of hydrogen-bond donors (Lipinski definition) is 2. The quantitative estimate of drug-likeness (QED) is 0.805. The van der Waals surface area contributed by atoms with Crippen LogP contribution in [0.15, 0.2) is 29.2 Å². The number of nitrogens with zero attached hydrogens (tertiary/aromatic N) is 3. The highest BCUT2D eigenvalue weighted by Crippen LogP contribution is 2.26. The van der Waals surface area contributed by atoms with E-state index in [4.69, 9.17) is 5.73 Å². The summed E-state index contributed by atoms with van der Waals surface area (Å²) in [5.41, 5.74) is 6.22. The fourth-order valence-electron chi connectivity index (χ4n) is 3.51. The molecule has 7 nitrogen and oxygen atoms in total. The molecular weight excluding hydrogens is 342 g/mol. The highest BCUT2D eigenvalue weighted by atomic mass is 35.5. The van der Waals surface area contributed by atoms with E-state index in [1.165, 1.54) is 28.3 Å². The Morgan fingerprint density at radius 2 is 2.08 bits per heavy atom. The lowest BCUT2D eigenvalue weighted by molar-refractivity contribution is -0.122. The Morgan fingerprint density at radius 1 is 1.32 bits per heavy atom. The number of rotatable bonds is 6. The van der Waals surface area contributed by atoms with Crippen molar-refractivity contribution < 1.29 is 4.79 Å². The first-order valence-corrected chi connectivity index (χ1v) is 8.72. The third-order valence-corrected chi connectivity index (χ3v) is 4.86. The second-order valence-electron chi connectivity index (χ2n) is 6.49. The average molecular weight is 368 g/mol. The minimum atomic E-state index is -0.221. The van der Waals surface area contributed by atoms with E-state index < -0.39 is 0 Å². The zero-order chi connectivity index (χ0) is 16.9. The minimum Gasteiger partial charge on any atom is -0.352 e. The van der Waals surface area contributed by atoms with Crippen molar-refractivity contribution >= 4 is 24.0 Å². The summed E-state index contributed by atoms with van der Waals surface area (Å²) in [4.78, 5) is 24.4. The van der Waals surface area contributed by atoms with Crippen LogP contribution in [0.2, 0.25) is 0 Å². The van der Waals surface area contributed by atoms with Gasteiger partial charge in [-0.15, -0.1) is 17.5 Å². The fraction of sp³-hybridized carbons (Fsp3) is 0.588. The van der Waals surface area contributed by atoms with Crippen molar-refractivity contribution in [2.75, 3.05) is 6.54 Å². The number of aryl methyl sites for hydroxylation is 1. The molecule has 1 saturated carbocycles. The largest absolute Gasteiger partial charge is 0.352 e. The summed E-state index contributed by atoms with van der Waals surface area (Å²) >= 11 is 0. The number of hydrogen-bond acceptors (Lipinski definition) is 4. The number of aromatic nitrogens is 3. The lowest BCUT2D eigenvalue weighted by Crippen LogP contribution is -2.46. The van der Waals surface area contributed by atoms with Crippen LogP contribution in [0.5, 0.6) is 0 Å². The summed E-state index contributed by atoms with van der Waals surface area (Å²) < 4.78 is 2.82. The van der Waals surface area contributed by atoms with Crippen molar-refractivity contribution in [1.29, 1.82) is 0 Å². The highest BCUT2D eigenvalue weighted by molar-refractivity contribution is 5.85. The van der Waals surface area contributed by atoms with E-state index in [0.29, 0.717) is 18.1 Å². The maximum absolute atomic E-state index is 12.2. The molecule has 1 aliphatic rings. The van der Waals surface area contributed by atoms with Crippen LogP contribution >= 0.6 is 12.4 Å². The molecule has 1 unspecified atom stereocenters. The number of fused-ring (bicyclic) bond motifs is 1. The predicted octanol–water partition coefficient (Wildman–Crippen LogP) is 1.33. The third-order valence-electron chi connectivity index (χ3n) is 4.86. The van der Waals surface area contributed by atoms with Crippen LogP contribution in [-0.4, -0.2) is 32.7 Å². The van der Waals surface area contributed by atoms with Crippen LogP contribution in [0.1, 0.15) is 38.5 Å². The molecule has 3 N–H and O–H groups in total. The zero-order valence-corrected chi connectivity index (χ0v) is 15.1. The number of halogens is 1. The molecule has 0 saturated heterocycles. The zero-order valence-electron chi connectivity index (χ0n) is 14.3. The molecule has 1 fully saturated rings. The molecule has 8 heteroatoms. The first-order valence-electron chi connectivity index (χ1n) is 8.72. The van der Waals surface area contributed by atoms with Crippen molar-refractivity contribution in [2.24, 2.45) is 11.7 Å². The van der Waals surface area contributed by atoms with E-state index in [2.05, 4.69) is 10.4 Å². The first-order chi connectivity index (χ1) is 11.7. The van der Waals surface area contributed by atoms with Crippen molar-refractivity contribution in [1.82, 2.24) is 19.5 Å². The number of nitrogens with two attached hydrogens (primary N) is 1. The summed E-state index contributed by atoms with van der Waals surface area (Å²) in [6.07, 6.45) is 7.88. The maximum Gasteiger partial charge on any atom is 0.350 e. The van der Waals surface area contributed by atoms with Gasteiger partial charge >= 0.3 is 5.69 Å². The van der Waals surface area contributed by atoms with Crippen molar-refractivity contribution in [2.45, 2.75) is 51.1 Å². The lowest BCUT2D eigenvalue weighted by atomic mass is 9.84. The molecule has 1 amide bonds. The summed E-state index contributed by atoms with van der Waals surface area (Å²) in [6.45, 7) is 0.735. The standard InChI is InChI=1S/C17H25N5O2.ClH/c18-12-14(13-6-2-1-3-7-13)19-16(23)9-11-22-17(24)21-10-5-4-8-15(21)20-22;/h4-5,8,10,13-14H,1-3,6-7,9,11-12,18H2,(H,19,23);1H. The van der Waals surface area contributed by atoms with Gasteiger partial charge in [-0.1, -0.05) is 25.3 Å². The van der Waals surface area contributed by atoms with Gasteiger partial charge in [-0.2, -0.15) is 0 Å². The van der Waals surface area contributed by atoms with Crippen LogP contribution in [0.3, 0.4) is 0 Å². The minimum absolute atomic E-state index is 0. The fourth-order valence-corrected chi connectivity index (χ4v) is 3.51. The molecule has 0 aliphatic heterocycles. The molecule has 0 bridgehead atoms. The normalized spacial score (nSPS) is 16.4. The van der Waals surface area contributed by atoms with Crippen LogP contribution in [-0.2, 0) is 11.3 Å². The first kappa shape index (κ1) is 19.5. The second-order valence-corrected chi connectivity index (χ2v) is 6.49. The van der Waals surface area contributed by atoms with E-state index >= 15 is 0 Å². The molecule has 25 heavy (non-hydrogen) atoms. The number of pyridine rings is 1. The molecule has 0 spiro atoms. The van der Waals surface area contributed by atoms with Gasteiger partial charge in [0.2, 0.25) is 5.91 Å². The highest BCUT2D eigenvalue weighted by Gasteiger charge is 2.23. The van der Waals surface area contributed by atoms with E-state index in [1.54, 1.807) is 18.3 Å². The molecule has 3 rings (SSSR count). The van der Waals surface area contributed by atoms with Crippen molar-refractivity contribution in [3.05, 3.63) is 34.9 Å². The van der Waals surface area contributed by atoms with Gasteiger partial charge in [-0.25, -0.2) is 9.48 Å². The maximum atomic E-state index is 12.2. The van der Waals surface area contributed by atoms with E-state index in [9.17, 15) is 9.59 Å². The molecule has 2 aromatic heterocycles. The average Bonchev–Trinajstić information content (AvgIpc) is 2.95. The molecule has 0 aromatic carbocycles. The van der Waals surface area contributed by atoms with E-state index in [0.717, 1.165) is 12.8 Å². The molecule has 2 heterocycles. The van der Waals surface area contributed by atoms with E-state index in [1.807, 2.05) is 6.07 Å². The van der Waals surface area contributed by atoms with Crippen LogP contribution in [0, 0.1) is 5.92 Å². The Morgan fingerprint density at radius 3 is 2.76 bits per heavy atom. The topological polar surface area (TPSA) is 94.4 Å². The summed E-state index contributed by atoms with van der Waals surface area (Å²) in [5.74, 6) is 0.408. The molecule has 1 atom stereocenters. The van der Waals surface area contributed by atoms with E-state index in [-0.39, 0.29) is 43.0 Å². The molecule has 0 radical (unpaired) electrons. The van der Waals surface area contributed by atoms with Crippen molar-refractivity contribution in [3.63, 3.8) is 0 Å². The molecule has 1 aliphatic carbocycles. The predicted molar refractivity (Wildman–Crippen MR) is 98.9 cm³/mol. The van der Waals surface area contributed by atoms with Gasteiger partial charge in [-0.3, -0.25) is 9.20 Å².